The molecule has 2 bridgehead atoms. The first-order chi connectivity index (χ1) is 23.3. The molecule has 0 saturated heterocycles. The third-order valence-corrected chi connectivity index (χ3v) is 12.3. The molecule has 0 unspecified atom stereocenters. The average molecular weight is 714 g/mol. The number of hydrogen-bond acceptors (Lipinski definition) is 8. The highest BCUT2D eigenvalue weighted by Gasteiger charge is 2.45. The molecule has 1 fully saturated rings. The Bertz CT molecular complexity index is 1710. The molecule has 2 heterocycles. The van der Waals surface area contributed by atoms with Gasteiger partial charge in [-0.25, -0.2) is 17.9 Å². The summed E-state index contributed by atoms with van der Waals surface area (Å²) in [6, 6.07) is 10.9. The third-order valence-electron chi connectivity index (χ3n) is 10.7. The van der Waals surface area contributed by atoms with E-state index < -0.39 is 27.6 Å². The van der Waals surface area contributed by atoms with Gasteiger partial charge in [0.1, 0.15) is 17.5 Å². The quantitative estimate of drug-likeness (QED) is 0.370. The summed E-state index contributed by atoms with van der Waals surface area (Å²) in [4.78, 5) is 30.3. The first-order valence-corrected chi connectivity index (χ1v) is 19.3. The zero-order valence-corrected chi connectivity index (χ0v) is 30.4. The fraction of sp³-hybridized carbons (Fsp3) is 0.568. The minimum atomic E-state index is -4.23. The molecule has 1 N–H and O–H groups in total. The van der Waals surface area contributed by atoms with Gasteiger partial charge < -0.3 is 24.0 Å². The van der Waals surface area contributed by atoms with Crippen molar-refractivity contribution in [2.45, 2.75) is 87.7 Å². The van der Waals surface area contributed by atoms with E-state index in [1.807, 2.05) is 18.2 Å². The summed E-state index contributed by atoms with van der Waals surface area (Å²) in [6.07, 6.45) is 9.23. The standard InChI is InChI=1S/C37H48ClN3O7S/c1-5-6-18-40(4)35(43)48-32-10-8-19-47-36(2,3)34(42)39-49(44,45)28-13-16-33-31(21-28)41(22-26-11-14-29(26)32)23-37(24-46-33)17-7-9-25-20-27(38)12-15-30(25)37/h8,10,12-13,15-16,20-21,26,29,32H,5-7,9,11,14,17-19,22-24H2,1-4H3,(H,39,42)/b10-8+/t26-,29+,32-,37-/m0/s1. The van der Waals surface area contributed by atoms with E-state index in [0.29, 0.717) is 42.7 Å². The molecule has 4 atom stereocenters. The number of fused-ring (bicyclic) bond motifs is 4. The highest BCUT2D eigenvalue weighted by molar-refractivity contribution is 7.90. The molecule has 2 aromatic carbocycles. The van der Waals surface area contributed by atoms with Gasteiger partial charge in [-0.3, -0.25) is 4.79 Å². The van der Waals surface area contributed by atoms with Gasteiger partial charge in [0.25, 0.3) is 15.9 Å². The molecule has 6 rings (SSSR count). The van der Waals surface area contributed by atoms with Gasteiger partial charge in [0.2, 0.25) is 0 Å². The summed E-state index contributed by atoms with van der Waals surface area (Å²) in [5.74, 6) is -0.00167. The second kappa shape index (κ2) is 14.2. The minimum Gasteiger partial charge on any atom is -0.490 e. The Labute approximate surface area is 295 Å². The van der Waals surface area contributed by atoms with Gasteiger partial charge in [-0.05, 0) is 106 Å². The largest absolute Gasteiger partial charge is 0.490 e. The normalized spacial score (nSPS) is 28.1. The highest BCUT2D eigenvalue weighted by atomic mass is 35.5. The first-order valence-electron chi connectivity index (χ1n) is 17.4. The number of halogens is 1. The van der Waals surface area contributed by atoms with E-state index in [4.69, 9.17) is 25.8 Å². The van der Waals surface area contributed by atoms with Gasteiger partial charge in [-0.1, -0.05) is 37.1 Å². The Balaban J connectivity index is 1.40. The molecule has 4 aliphatic rings. The number of aryl methyl sites for hydroxylation is 1. The van der Waals surface area contributed by atoms with Crippen LogP contribution in [0.25, 0.3) is 0 Å². The number of hydrogen-bond donors (Lipinski definition) is 1. The molecule has 266 valence electrons. The Kier molecular flexibility index (Phi) is 10.3. The molecule has 12 heteroatoms. The van der Waals surface area contributed by atoms with Crippen LogP contribution in [0.3, 0.4) is 0 Å². The van der Waals surface area contributed by atoms with Crippen LogP contribution in [0.2, 0.25) is 5.02 Å². The van der Waals surface area contributed by atoms with Crippen LogP contribution in [0.15, 0.2) is 53.4 Å². The molecule has 2 aliphatic carbocycles. The Morgan fingerprint density at radius 3 is 2.76 bits per heavy atom. The number of sulfonamides is 1. The number of nitrogens with zero attached hydrogens (tertiary/aromatic N) is 2. The third kappa shape index (κ3) is 7.44. The number of unbranched alkanes of at least 4 members (excludes halogenated alkanes) is 1. The molecule has 0 radical (unpaired) electrons. The Hall–Kier alpha value is -3.28. The molecular formula is C37H48ClN3O7S. The number of amides is 2. The van der Waals surface area contributed by atoms with E-state index in [2.05, 4.69) is 22.6 Å². The van der Waals surface area contributed by atoms with Crippen molar-refractivity contribution in [1.29, 1.82) is 0 Å². The maximum absolute atomic E-state index is 13.6. The molecule has 2 aliphatic heterocycles. The van der Waals surface area contributed by atoms with Crippen molar-refractivity contribution in [3.63, 3.8) is 0 Å². The van der Waals surface area contributed by atoms with Crippen LogP contribution in [-0.2, 0) is 36.1 Å². The average Bonchev–Trinajstić information content (AvgIpc) is 3.19. The second-order valence-electron chi connectivity index (χ2n) is 14.5. The summed E-state index contributed by atoms with van der Waals surface area (Å²) in [5, 5.41) is 0.704. The fourth-order valence-electron chi connectivity index (χ4n) is 7.58. The smallest absolute Gasteiger partial charge is 0.410 e. The highest BCUT2D eigenvalue weighted by Crippen LogP contribution is 2.47. The van der Waals surface area contributed by atoms with Crippen LogP contribution in [0.1, 0.15) is 70.4 Å². The molecule has 0 aromatic heterocycles. The van der Waals surface area contributed by atoms with E-state index in [-0.39, 0.29) is 34.8 Å². The second-order valence-corrected chi connectivity index (χ2v) is 16.7. The molecule has 1 spiro atoms. The van der Waals surface area contributed by atoms with Crippen LogP contribution in [0, 0.1) is 11.8 Å². The van der Waals surface area contributed by atoms with Crippen molar-refractivity contribution < 1.29 is 32.2 Å². The van der Waals surface area contributed by atoms with Crippen molar-refractivity contribution in [1.82, 2.24) is 9.62 Å². The van der Waals surface area contributed by atoms with Gasteiger partial charge >= 0.3 is 6.09 Å². The van der Waals surface area contributed by atoms with E-state index >= 15 is 0 Å². The SMILES string of the molecule is CCCCN(C)C(=O)O[C@H]1/C=C/COC(C)(C)C(=O)NS(=O)(=O)c2ccc3c(c2)N(C[C@@H]2CC[C@H]21)C[C@@]1(CCCc2cc(Cl)ccc21)CO3. The maximum atomic E-state index is 13.6. The molecule has 2 aromatic rings. The van der Waals surface area contributed by atoms with E-state index in [9.17, 15) is 18.0 Å². The number of ether oxygens (including phenoxy) is 3. The lowest BCUT2D eigenvalue weighted by Crippen LogP contribution is -2.50. The van der Waals surface area contributed by atoms with E-state index in [1.165, 1.54) is 31.0 Å². The van der Waals surface area contributed by atoms with Crippen LogP contribution in [-0.4, -0.2) is 76.9 Å². The molecule has 49 heavy (non-hydrogen) atoms. The van der Waals surface area contributed by atoms with E-state index in [1.54, 1.807) is 30.2 Å². The number of carbonyl (C=O) groups excluding carboxylic acids is 2. The summed E-state index contributed by atoms with van der Waals surface area (Å²) < 4.78 is 48.1. The molecule has 2 amide bonds. The maximum Gasteiger partial charge on any atom is 0.410 e. The van der Waals surface area contributed by atoms with Gasteiger partial charge in [0.05, 0.1) is 23.8 Å². The van der Waals surface area contributed by atoms with Crippen molar-refractivity contribution in [2.24, 2.45) is 11.8 Å². The number of anilines is 1. The predicted octanol–water partition coefficient (Wildman–Crippen LogP) is 6.25. The summed E-state index contributed by atoms with van der Waals surface area (Å²) in [5.41, 5.74) is 1.28. The summed E-state index contributed by atoms with van der Waals surface area (Å²) >= 11 is 6.43. The zero-order chi connectivity index (χ0) is 35.0. The van der Waals surface area contributed by atoms with Crippen molar-refractivity contribution in [2.75, 3.05) is 44.8 Å². The first kappa shape index (κ1) is 35.5. The fourth-order valence-corrected chi connectivity index (χ4v) is 8.89. The molecule has 10 nitrogen and oxygen atoms in total. The minimum absolute atomic E-state index is 0.0325. The van der Waals surface area contributed by atoms with Crippen LogP contribution in [0.4, 0.5) is 10.5 Å². The Morgan fingerprint density at radius 2 is 2.00 bits per heavy atom. The van der Waals surface area contributed by atoms with Gasteiger partial charge in [0, 0.05) is 43.0 Å². The van der Waals surface area contributed by atoms with Gasteiger partial charge in [-0.15, -0.1) is 0 Å². The summed E-state index contributed by atoms with van der Waals surface area (Å²) in [7, 11) is -2.48. The van der Waals surface area contributed by atoms with Crippen molar-refractivity contribution >= 4 is 39.3 Å². The topological polar surface area (TPSA) is 114 Å². The number of carbonyl (C=O) groups is 2. The van der Waals surface area contributed by atoms with Crippen LogP contribution in [0.5, 0.6) is 5.75 Å². The number of benzene rings is 2. The Morgan fingerprint density at radius 1 is 1.18 bits per heavy atom. The van der Waals surface area contributed by atoms with Crippen molar-refractivity contribution in [3.8, 4) is 5.75 Å². The zero-order valence-electron chi connectivity index (χ0n) is 28.9. The molecular weight excluding hydrogens is 666 g/mol. The lowest BCUT2D eigenvalue weighted by Gasteiger charge is -2.46. The van der Waals surface area contributed by atoms with Crippen molar-refractivity contribution in [3.05, 3.63) is 64.7 Å². The number of nitrogens with one attached hydrogen (secondary N) is 1. The van der Waals surface area contributed by atoms with Crippen LogP contribution < -0.4 is 14.4 Å². The summed E-state index contributed by atoms with van der Waals surface area (Å²) in [6.45, 7) is 7.42. The van der Waals surface area contributed by atoms with Crippen LogP contribution >= 0.6 is 11.6 Å². The monoisotopic (exact) mass is 713 g/mol. The lowest BCUT2D eigenvalue weighted by molar-refractivity contribution is -0.139. The van der Waals surface area contributed by atoms with Gasteiger partial charge in [-0.2, -0.15) is 0 Å². The lowest BCUT2D eigenvalue weighted by atomic mass is 9.68. The predicted molar refractivity (Wildman–Crippen MR) is 189 cm³/mol. The number of rotatable bonds is 4. The van der Waals surface area contributed by atoms with Gasteiger partial charge in [0.15, 0.2) is 0 Å². The van der Waals surface area contributed by atoms with E-state index in [0.717, 1.165) is 44.9 Å². The molecule has 1 saturated carbocycles.